The molecule has 2 heteroatoms. The molecule has 0 heterocycles. The summed E-state index contributed by atoms with van der Waals surface area (Å²) in [6.45, 7) is 4.74. The lowest BCUT2D eigenvalue weighted by atomic mass is 9.81. The van der Waals surface area contributed by atoms with E-state index in [2.05, 4.69) is 6.92 Å². The highest BCUT2D eigenvalue weighted by Crippen LogP contribution is 2.32. The second kappa shape index (κ2) is 6.02. The molecule has 0 saturated carbocycles. The van der Waals surface area contributed by atoms with E-state index in [4.69, 9.17) is 5.73 Å². The van der Waals surface area contributed by atoms with Gasteiger partial charge in [0.25, 0.3) is 0 Å². The van der Waals surface area contributed by atoms with E-state index in [-0.39, 0.29) is 5.92 Å². The summed E-state index contributed by atoms with van der Waals surface area (Å²) in [5.74, 6) is 0.251. The van der Waals surface area contributed by atoms with Crippen molar-refractivity contribution in [1.82, 2.24) is 0 Å². The maximum absolute atomic E-state index is 10.5. The summed E-state index contributed by atoms with van der Waals surface area (Å²) in [5.41, 5.74) is 5.73. The third-order valence-corrected chi connectivity index (χ3v) is 3.41. The maximum atomic E-state index is 10.5. The molecule has 0 spiro atoms. The zero-order valence-electron chi connectivity index (χ0n) is 10.3. The van der Waals surface area contributed by atoms with Crippen LogP contribution in [-0.4, -0.2) is 11.7 Å². The van der Waals surface area contributed by atoms with Gasteiger partial charge >= 0.3 is 0 Å². The predicted molar refractivity (Wildman–Crippen MR) is 68.1 cm³/mol. The van der Waals surface area contributed by atoms with Crippen molar-refractivity contribution in [2.45, 2.75) is 38.7 Å². The third kappa shape index (κ3) is 3.32. The summed E-state index contributed by atoms with van der Waals surface area (Å²) < 4.78 is 0. The molecule has 0 fully saturated rings. The Morgan fingerprint density at radius 3 is 2.44 bits per heavy atom. The fourth-order valence-corrected chi connectivity index (χ4v) is 1.94. The van der Waals surface area contributed by atoms with Crippen LogP contribution in [0.15, 0.2) is 30.3 Å². The van der Waals surface area contributed by atoms with Gasteiger partial charge in [0, 0.05) is 0 Å². The first-order chi connectivity index (χ1) is 7.59. The highest BCUT2D eigenvalue weighted by atomic mass is 16.3. The average Bonchev–Trinajstić information content (AvgIpc) is 2.30. The van der Waals surface area contributed by atoms with Crippen LogP contribution in [0.3, 0.4) is 0 Å². The van der Waals surface area contributed by atoms with E-state index in [1.807, 2.05) is 37.3 Å². The van der Waals surface area contributed by atoms with E-state index in [1.54, 1.807) is 0 Å². The summed E-state index contributed by atoms with van der Waals surface area (Å²) in [5, 5.41) is 10.5. The van der Waals surface area contributed by atoms with Gasteiger partial charge in [0.15, 0.2) is 0 Å². The molecule has 2 atom stereocenters. The van der Waals surface area contributed by atoms with Gasteiger partial charge in [-0.3, -0.25) is 0 Å². The predicted octanol–water partition coefficient (Wildman–Crippen LogP) is 2.66. The van der Waals surface area contributed by atoms with Crippen LogP contribution >= 0.6 is 0 Å². The van der Waals surface area contributed by atoms with Crippen LogP contribution in [0.4, 0.5) is 0 Å². The Morgan fingerprint density at radius 1 is 1.25 bits per heavy atom. The van der Waals surface area contributed by atoms with Gasteiger partial charge in [-0.1, -0.05) is 43.7 Å². The molecule has 0 unspecified atom stereocenters. The lowest BCUT2D eigenvalue weighted by Crippen LogP contribution is -2.29. The largest absolute Gasteiger partial charge is 0.385 e. The SMILES string of the molecule is C[C@H](CCCCN)[C@@](C)(O)c1ccccc1. The van der Waals surface area contributed by atoms with E-state index in [0.29, 0.717) is 0 Å². The lowest BCUT2D eigenvalue weighted by molar-refractivity contribution is -0.00278. The number of rotatable bonds is 6. The van der Waals surface area contributed by atoms with Crippen LogP contribution in [0.2, 0.25) is 0 Å². The molecule has 0 aromatic heterocycles. The first kappa shape index (κ1) is 13.2. The van der Waals surface area contributed by atoms with Crippen LogP contribution in [0.25, 0.3) is 0 Å². The van der Waals surface area contributed by atoms with E-state index in [9.17, 15) is 5.11 Å². The first-order valence-corrected chi connectivity index (χ1v) is 6.07. The molecular formula is C14H23NO. The van der Waals surface area contributed by atoms with E-state index >= 15 is 0 Å². The number of benzene rings is 1. The Morgan fingerprint density at radius 2 is 1.88 bits per heavy atom. The molecule has 0 bridgehead atoms. The van der Waals surface area contributed by atoms with Gasteiger partial charge in [-0.25, -0.2) is 0 Å². The monoisotopic (exact) mass is 221 g/mol. The summed E-state index contributed by atoms with van der Waals surface area (Å²) in [6.07, 6.45) is 3.13. The van der Waals surface area contributed by atoms with Crippen LogP contribution in [0, 0.1) is 5.92 Å². The van der Waals surface area contributed by atoms with Gasteiger partial charge in [-0.15, -0.1) is 0 Å². The minimum absolute atomic E-state index is 0.251. The quantitative estimate of drug-likeness (QED) is 0.725. The van der Waals surface area contributed by atoms with Crippen molar-refractivity contribution < 1.29 is 5.11 Å². The van der Waals surface area contributed by atoms with Gasteiger partial charge in [-0.05, 0) is 37.8 Å². The molecule has 16 heavy (non-hydrogen) atoms. The molecule has 1 aromatic carbocycles. The first-order valence-electron chi connectivity index (χ1n) is 6.07. The van der Waals surface area contributed by atoms with Crippen molar-refractivity contribution in [3.8, 4) is 0 Å². The number of hydrogen-bond acceptors (Lipinski definition) is 2. The third-order valence-electron chi connectivity index (χ3n) is 3.41. The molecule has 0 amide bonds. The molecule has 2 nitrogen and oxygen atoms in total. The van der Waals surface area contributed by atoms with Crippen molar-refractivity contribution in [2.75, 3.05) is 6.54 Å². The highest BCUT2D eigenvalue weighted by molar-refractivity contribution is 5.22. The Labute approximate surface area is 98.5 Å². The highest BCUT2D eigenvalue weighted by Gasteiger charge is 2.29. The van der Waals surface area contributed by atoms with Crippen molar-refractivity contribution in [3.05, 3.63) is 35.9 Å². The number of aliphatic hydroxyl groups is 1. The van der Waals surface area contributed by atoms with E-state index < -0.39 is 5.60 Å². The Hall–Kier alpha value is -0.860. The average molecular weight is 221 g/mol. The summed E-state index contributed by atoms with van der Waals surface area (Å²) in [7, 11) is 0. The Bertz CT molecular complexity index is 295. The normalized spacial score (nSPS) is 16.8. The molecule has 0 saturated heterocycles. The van der Waals surface area contributed by atoms with Crippen LogP contribution in [0.1, 0.15) is 38.7 Å². The number of unbranched alkanes of at least 4 members (excludes halogenated alkanes) is 1. The van der Waals surface area contributed by atoms with Gasteiger partial charge in [-0.2, -0.15) is 0 Å². The van der Waals surface area contributed by atoms with E-state index in [0.717, 1.165) is 31.4 Å². The van der Waals surface area contributed by atoms with Crippen LogP contribution in [-0.2, 0) is 5.60 Å². The standard InChI is InChI=1S/C14H23NO/c1-12(8-6-7-11-15)14(2,16)13-9-4-3-5-10-13/h3-5,9-10,12,16H,6-8,11,15H2,1-2H3/t12-,14-/m1/s1. The van der Waals surface area contributed by atoms with Crippen molar-refractivity contribution in [2.24, 2.45) is 11.7 Å². The fourth-order valence-electron chi connectivity index (χ4n) is 1.94. The summed E-state index contributed by atoms with van der Waals surface area (Å²) >= 11 is 0. The Kier molecular flexibility index (Phi) is 4.97. The second-order valence-electron chi connectivity index (χ2n) is 4.70. The van der Waals surface area contributed by atoms with Crippen LogP contribution < -0.4 is 5.73 Å². The molecule has 0 aliphatic heterocycles. The van der Waals surface area contributed by atoms with Crippen molar-refractivity contribution >= 4 is 0 Å². The minimum atomic E-state index is -0.740. The fraction of sp³-hybridized carbons (Fsp3) is 0.571. The zero-order valence-corrected chi connectivity index (χ0v) is 10.3. The van der Waals surface area contributed by atoms with Crippen molar-refractivity contribution in [3.63, 3.8) is 0 Å². The number of hydrogen-bond donors (Lipinski definition) is 2. The molecule has 0 aliphatic rings. The smallest absolute Gasteiger partial charge is 0.0893 e. The maximum Gasteiger partial charge on any atom is 0.0893 e. The van der Waals surface area contributed by atoms with Gasteiger partial charge in [0.05, 0.1) is 5.60 Å². The summed E-state index contributed by atoms with van der Waals surface area (Å²) in [4.78, 5) is 0. The molecular weight excluding hydrogens is 198 g/mol. The Balaban J connectivity index is 2.62. The topological polar surface area (TPSA) is 46.2 Å². The van der Waals surface area contributed by atoms with E-state index in [1.165, 1.54) is 0 Å². The molecule has 0 radical (unpaired) electrons. The summed E-state index contributed by atoms with van der Waals surface area (Å²) in [6, 6.07) is 9.88. The minimum Gasteiger partial charge on any atom is -0.385 e. The molecule has 90 valence electrons. The lowest BCUT2D eigenvalue weighted by Gasteiger charge is -2.31. The second-order valence-corrected chi connectivity index (χ2v) is 4.70. The zero-order chi connectivity index (χ0) is 12.0. The van der Waals surface area contributed by atoms with Crippen LogP contribution in [0.5, 0.6) is 0 Å². The van der Waals surface area contributed by atoms with Gasteiger partial charge < -0.3 is 10.8 Å². The van der Waals surface area contributed by atoms with Gasteiger partial charge in [0.1, 0.15) is 0 Å². The van der Waals surface area contributed by atoms with Gasteiger partial charge in [0.2, 0.25) is 0 Å². The molecule has 3 N–H and O–H groups in total. The van der Waals surface area contributed by atoms with Crippen molar-refractivity contribution in [1.29, 1.82) is 0 Å². The molecule has 1 rings (SSSR count). The molecule has 1 aromatic rings. The number of nitrogens with two attached hydrogens (primary N) is 1. The molecule has 0 aliphatic carbocycles.